The summed E-state index contributed by atoms with van der Waals surface area (Å²) < 4.78 is 6.22. The highest BCUT2D eigenvalue weighted by atomic mass is 16.5. The highest BCUT2D eigenvalue weighted by molar-refractivity contribution is 5.11. The molecule has 3 heteroatoms. The van der Waals surface area contributed by atoms with E-state index in [1.807, 2.05) is 0 Å². The molecule has 2 aliphatic rings. The fraction of sp³-hybridized carbons (Fsp3) is 1.00. The molecule has 0 radical (unpaired) electrons. The van der Waals surface area contributed by atoms with Crippen LogP contribution in [0.25, 0.3) is 0 Å². The second kappa shape index (κ2) is 7.19. The number of fused-ring (bicyclic) bond motifs is 2. The first-order valence-corrected chi connectivity index (χ1v) is 9.37. The van der Waals surface area contributed by atoms with Crippen molar-refractivity contribution in [1.29, 1.82) is 0 Å². The SMILES string of the molecule is CCCN(CCC)C[C@H](O)CO[C@H]1C[C@H]2CC[C@@]1(C)C2(C)C. The van der Waals surface area contributed by atoms with E-state index in [4.69, 9.17) is 4.74 Å². The van der Waals surface area contributed by atoms with Crippen LogP contribution >= 0.6 is 0 Å². The zero-order chi connectivity index (χ0) is 16.4. The van der Waals surface area contributed by atoms with Gasteiger partial charge in [0.2, 0.25) is 0 Å². The minimum absolute atomic E-state index is 0.296. The van der Waals surface area contributed by atoms with E-state index in [9.17, 15) is 5.11 Å². The van der Waals surface area contributed by atoms with Gasteiger partial charge in [0, 0.05) is 6.54 Å². The van der Waals surface area contributed by atoms with Crippen LogP contribution in [0.5, 0.6) is 0 Å². The highest BCUT2D eigenvalue weighted by Gasteiger charge is 2.61. The Hall–Kier alpha value is -0.120. The molecule has 0 heterocycles. The first kappa shape index (κ1) is 18.2. The first-order chi connectivity index (χ1) is 10.3. The molecule has 130 valence electrons. The zero-order valence-corrected chi connectivity index (χ0v) is 15.4. The molecule has 0 aromatic carbocycles. The summed E-state index contributed by atoms with van der Waals surface area (Å²) in [6, 6.07) is 0. The van der Waals surface area contributed by atoms with Gasteiger partial charge in [-0.15, -0.1) is 0 Å². The molecule has 0 aromatic rings. The van der Waals surface area contributed by atoms with Crippen LogP contribution in [0.3, 0.4) is 0 Å². The minimum Gasteiger partial charge on any atom is -0.389 e. The Bertz CT molecular complexity index is 351. The van der Waals surface area contributed by atoms with E-state index < -0.39 is 0 Å². The Morgan fingerprint density at radius 3 is 2.27 bits per heavy atom. The lowest BCUT2D eigenvalue weighted by Gasteiger charge is -2.39. The van der Waals surface area contributed by atoms with Crippen LogP contribution in [0, 0.1) is 16.7 Å². The van der Waals surface area contributed by atoms with Gasteiger partial charge < -0.3 is 14.7 Å². The van der Waals surface area contributed by atoms with E-state index in [0.29, 0.717) is 23.5 Å². The number of nitrogens with zero attached hydrogens (tertiary/aromatic N) is 1. The topological polar surface area (TPSA) is 32.7 Å². The minimum atomic E-state index is -0.357. The molecule has 3 nitrogen and oxygen atoms in total. The molecule has 2 saturated carbocycles. The molecule has 2 fully saturated rings. The van der Waals surface area contributed by atoms with E-state index in [-0.39, 0.29) is 6.10 Å². The van der Waals surface area contributed by atoms with Gasteiger partial charge in [0.15, 0.2) is 0 Å². The molecule has 0 amide bonds. The van der Waals surface area contributed by atoms with Gasteiger partial charge in [-0.3, -0.25) is 0 Å². The lowest BCUT2D eigenvalue weighted by atomic mass is 9.70. The summed E-state index contributed by atoms with van der Waals surface area (Å²) in [4.78, 5) is 2.36. The molecule has 22 heavy (non-hydrogen) atoms. The van der Waals surface area contributed by atoms with E-state index in [1.165, 1.54) is 19.3 Å². The van der Waals surface area contributed by atoms with Crippen molar-refractivity contribution in [2.24, 2.45) is 16.7 Å². The number of aliphatic hydroxyl groups excluding tert-OH is 1. The monoisotopic (exact) mass is 311 g/mol. The third kappa shape index (κ3) is 3.37. The molecule has 4 atom stereocenters. The average molecular weight is 312 g/mol. The number of rotatable bonds is 9. The summed E-state index contributed by atoms with van der Waals surface area (Å²) in [5.74, 6) is 0.802. The summed E-state index contributed by atoms with van der Waals surface area (Å²) in [5.41, 5.74) is 0.684. The van der Waals surface area contributed by atoms with Crippen LogP contribution in [0.1, 0.15) is 66.7 Å². The van der Waals surface area contributed by atoms with Crippen molar-refractivity contribution in [3.63, 3.8) is 0 Å². The Morgan fingerprint density at radius 1 is 1.18 bits per heavy atom. The summed E-state index contributed by atoms with van der Waals surface area (Å²) in [7, 11) is 0. The predicted octanol–water partition coefficient (Wildman–Crippen LogP) is 3.70. The maximum Gasteiger partial charge on any atom is 0.0900 e. The van der Waals surface area contributed by atoms with Crippen LogP contribution in [0.4, 0.5) is 0 Å². The van der Waals surface area contributed by atoms with Gasteiger partial charge >= 0.3 is 0 Å². The normalized spacial score (nSPS) is 34.5. The molecule has 2 aliphatic carbocycles. The third-order valence-electron chi connectivity index (χ3n) is 6.75. The number of ether oxygens (including phenoxy) is 1. The molecule has 0 spiro atoms. The smallest absolute Gasteiger partial charge is 0.0900 e. The molecule has 0 unspecified atom stereocenters. The quantitative estimate of drug-likeness (QED) is 0.705. The Labute approximate surface area is 137 Å². The van der Waals surface area contributed by atoms with Crippen LogP contribution in [0.15, 0.2) is 0 Å². The maximum absolute atomic E-state index is 10.4. The Morgan fingerprint density at radius 2 is 1.82 bits per heavy atom. The molecule has 2 bridgehead atoms. The van der Waals surface area contributed by atoms with Crippen LogP contribution < -0.4 is 0 Å². The second-order valence-corrected chi connectivity index (χ2v) is 8.39. The Balaban J connectivity index is 1.81. The van der Waals surface area contributed by atoms with Crippen molar-refractivity contribution in [2.45, 2.75) is 78.9 Å². The number of aliphatic hydroxyl groups is 1. The van der Waals surface area contributed by atoms with Crippen molar-refractivity contribution in [3.05, 3.63) is 0 Å². The summed E-state index contributed by atoms with van der Waals surface area (Å²) in [5, 5.41) is 10.4. The first-order valence-electron chi connectivity index (χ1n) is 9.37. The van der Waals surface area contributed by atoms with Gasteiger partial charge in [-0.2, -0.15) is 0 Å². The zero-order valence-electron chi connectivity index (χ0n) is 15.4. The van der Waals surface area contributed by atoms with E-state index >= 15 is 0 Å². The van der Waals surface area contributed by atoms with Crippen molar-refractivity contribution in [1.82, 2.24) is 4.90 Å². The molecular formula is C19H37NO2. The molecule has 0 aliphatic heterocycles. The van der Waals surface area contributed by atoms with Gasteiger partial charge in [0.1, 0.15) is 0 Å². The lowest BCUT2D eigenvalue weighted by Crippen LogP contribution is -2.41. The average Bonchev–Trinajstić information content (AvgIpc) is 2.78. The van der Waals surface area contributed by atoms with Crippen molar-refractivity contribution in [3.8, 4) is 0 Å². The van der Waals surface area contributed by atoms with E-state index in [0.717, 1.165) is 38.4 Å². The fourth-order valence-electron chi connectivity index (χ4n) is 4.89. The Kier molecular flexibility index (Phi) is 5.95. The lowest BCUT2D eigenvalue weighted by molar-refractivity contribution is -0.0793. The summed E-state index contributed by atoms with van der Waals surface area (Å²) in [6.07, 6.45) is 6.08. The largest absolute Gasteiger partial charge is 0.389 e. The molecule has 0 aromatic heterocycles. The number of hydrogen-bond donors (Lipinski definition) is 1. The van der Waals surface area contributed by atoms with Crippen molar-refractivity contribution in [2.75, 3.05) is 26.2 Å². The summed E-state index contributed by atoms with van der Waals surface area (Å²) in [6.45, 7) is 15.0. The highest BCUT2D eigenvalue weighted by Crippen LogP contribution is 2.66. The summed E-state index contributed by atoms with van der Waals surface area (Å²) >= 11 is 0. The molecular weight excluding hydrogens is 274 g/mol. The van der Waals surface area contributed by atoms with Gasteiger partial charge in [-0.1, -0.05) is 34.6 Å². The van der Waals surface area contributed by atoms with Crippen LogP contribution in [-0.2, 0) is 4.74 Å². The molecule has 1 N–H and O–H groups in total. The fourth-order valence-corrected chi connectivity index (χ4v) is 4.89. The van der Waals surface area contributed by atoms with Gasteiger partial charge in [-0.25, -0.2) is 0 Å². The maximum atomic E-state index is 10.4. The van der Waals surface area contributed by atoms with Crippen LogP contribution in [-0.4, -0.2) is 48.5 Å². The van der Waals surface area contributed by atoms with Gasteiger partial charge in [0.05, 0.1) is 18.8 Å². The van der Waals surface area contributed by atoms with Crippen molar-refractivity contribution < 1.29 is 9.84 Å². The predicted molar refractivity (Wildman–Crippen MR) is 92.0 cm³/mol. The third-order valence-corrected chi connectivity index (χ3v) is 6.75. The van der Waals surface area contributed by atoms with Crippen LogP contribution in [0.2, 0.25) is 0 Å². The van der Waals surface area contributed by atoms with Gasteiger partial charge in [0.25, 0.3) is 0 Å². The van der Waals surface area contributed by atoms with E-state index in [1.54, 1.807) is 0 Å². The van der Waals surface area contributed by atoms with Gasteiger partial charge in [-0.05, 0) is 61.9 Å². The molecule has 0 saturated heterocycles. The second-order valence-electron chi connectivity index (χ2n) is 8.39. The van der Waals surface area contributed by atoms with E-state index in [2.05, 4.69) is 39.5 Å². The van der Waals surface area contributed by atoms with Crippen molar-refractivity contribution >= 4 is 0 Å². The molecule has 2 rings (SSSR count). The standard InChI is InChI=1S/C19H37NO2/c1-6-10-20(11-7-2)13-16(21)14-22-17-12-15-8-9-19(17,5)18(15,3)4/h15-17,21H,6-14H2,1-5H3/t15-,16+,17+,19-/m1/s1. The number of hydrogen-bond acceptors (Lipinski definition) is 3.